The fourth-order valence-electron chi connectivity index (χ4n) is 1.76. The number of aromatic amines is 1. The molecule has 0 atom stereocenters. The van der Waals surface area contributed by atoms with E-state index in [1.54, 1.807) is 0 Å². The zero-order valence-electron chi connectivity index (χ0n) is 11.8. The molecule has 0 unspecified atom stereocenters. The normalized spacial score (nSPS) is 10.2. The zero-order chi connectivity index (χ0) is 15.6. The standard InChI is InChI=1S/C13H14N4O4/c1-7-8(2)15-16-12(7)14-13(18)10-5-4-9(17(19)20)6-11(10)21-3/h4-6H,1-3H3,(H2,14,15,16,18). The first kappa shape index (κ1) is 14.5. The molecule has 1 aromatic carbocycles. The minimum absolute atomic E-state index is 0.131. The molecule has 0 aliphatic heterocycles. The molecule has 21 heavy (non-hydrogen) atoms. The highest BCUT2D eigenvalue weighted by Crippen LogP contribution is 2.25. The van der Waals surface area contributed by atoms with Crippen molar-refractivity contribution >= 4 is 17.4 Å². The number of non-ortho nitro benzene ring substituents is 1. The monoisotopic (exact) mass is 290 g/mol. The van der Waals surface area contributed by atoms with Crippen LogP contribution in [0.1, 0.15) is 21.6 Å². The molecule has 0 aliphatic carbocycles. The van der Waals surface area contributed by atoms with E-state index in [2.05, 4.69) is 15.5 Å². The number of nitro benzene ring substituents is 1. The molecule has 0 radical (unpaired) electrons. The van der Waals surface area contributed by atoms with Crippen molar-refractivity contribution in [3.05, 3.63) is 45.1 Å². The highest BCUT2D eigenvalue weighted by Gasteiger charge is 2.18. The molecule has 8 nitrogen and oxygen atoms in total. The van der Waals surface area contributed by atoms with Crippen molar-refractivity contribution < 1.29 is 14.5 Å². The van der Waals surface area contributed by atoms with Gasteiger partial charge >= 0.3 is 0 Å². The number of anilines is 1. The number of hydrogen-bond acceptors (Lipinski definition) is 5. The summed E-state index contributed by atoms with van der Waals surface area (Å²) >= 11 is 0. The number of amides is 1. The van der Waals surface area contributed by atoms with E-state index < -0.39 is 10.8 Å². The number of H-pyrrole nitrogens is 1. The van der Waals surface area contributed by atoms with Crippen LogP contribution in [0.5, 0.6) is 5.75 Å². The topological polar surface area (TPSA) is 110 Å². The molecule has 1 amide bonds. The van der Waals surface area contributed by atoms with E-state index in [1.807, 2.05) is 13.8 Å². The summed E-state index contributed by atoms with van der Waals surface area (Å²) in [4.78, 5) is 22.4. The second-order valence-corrected chi connectivity index (χ2v) is 4.42. The van der Waals surface area contributed by atoms with Gasteiger partial charge in [0, 0.05) is 17.3 Å². The lowest BCUT2D eigenvalue weighted by Crippen LogP contribution is -2.14. The summed E-state index contributed by atoms with van der Waals surface area (Å²) in [5.41, 5.74) is 1.73. The summed E-state index contributed by atoms with van der Waals surface area (Å²) in [6, 6.07) is 3.80. The maximum atomic E-state index is 12.2. The molecule has 8 heteroatoms. The first-order valence-corrected chi connectivity index (χ1v) is 6.09. The molecule has 2 rings (SSSR count). The molecule has 1 aromatic heterocycles. The molecule has 2 aromatic rings. The van der Waals surface area contributed by atoms with Crippen LogP contribution in [0.2, 0.25) is 0 Å². The first-order chi connectivity index (χ1) is 9.93. The van der Waals surface area contributed by atoms with Crippen LogP contribution in [0.15, 0.2) is 18.2 Å². The SMILES string of the molecule is COc1cc([N+](=O)[O-])ccc1C(=O)Nc1n[nH]c(C)c1C. The Morgan fingerprint density at radius 3 is 2.67 bits per heavy atom. The maximum absolute atomic E-state index is 12.2. The van der Waals surface area contributed by atoms with Gasteiger partial charge in [0.1, 0.15) is 5.75 Å². The minimum atomic E-state index is -0.550. The lowest BCUT2D eigenvalue weighted by atomic mass is 10.1. The number of carbonyl (C=O) groups excluding carboxylic acids is 1. The highest BCUT2D eigenvalue weighted by atomic mass is 16.6. The fraction of sp³-hybridized carbons (Fsp3) is 0.231. The molecule has 110 valence electrons. The smallest absolute Gasteiger partial charge is 0.273 e. The second-order valence-electron chi connectivity index (χ2n) is 4.42. The van der Waals surface area contributed by atoms with E-state index in [9.17, 15) is 14.9 Å². The number of nitro groups is 1. The quantitative estimate of drug-likeness (QED) is 0.662. The van der Waals surface area contributed by atoms with Gasteiger partial charge in [0.25, 0.3) is 11.6 Å². The summed E-state index contributed by atoms with van der Waals surface area (Å²) in [7, 11) is 1.35. The second kappa shape index (κ2) is 5.61. The Morgan fingerprint density at radius 1 is 1.43 bits per heavy atom. The molecule has 1 heterocycles. The van der Waals surface area contributed by atoms with Crippen molar-refractivity contribution in [1.82, 2.24) is 10.2 Å². The number of ether oxygens (including phenoxy) is 1. The van der Waals surface area contributed by atoms with E-state index in [0.29, 0.717) is 5.82 Å². The van der Waals surface area contributed by atoms with Crippen LogP contribution in [0, 0.1) is 24.0 Å². The molecule has 0 spiro atoms. The molecular weight excluding hydrogens is 276 g/mol. The first-order valence-electron chi connectivity index (χ1n) is 6.09. The average molecular weight is 290 g/mol. The largest absolute Gasteiger partial charge is 0.496 e. The number of hydrogen-bond donors (Lipinski definition) is 2. The number of nitrogens with zero attached hydrogens (tertiary/aromatic N) is 2. The van der Waals surface area contributed by atoms with E-state index >= 15 is 0 Å². The van der Waals surface area contributed by atoms with E-state index in [-0.39, 0.29) is 17.0 Å². The number of aryl methyl sites for hydroxylation is 1. The number of carbonyl (C=O) groups is 1. The van der Waals surface area contributed by atoms with Crippen molar-refractivity contribution in [1.29, 1.82) is 0 Å². The number of benzene rings is 1. The number of methoxy groups -OCH3 is 1. The molecule has 2 N–H and O–H groups in total. The van der Waals surface area contributed by atoms with Gasteiger partial charge in [-0.2, -0.15) is 5.10 Å². The van der Waals surface area contributed by atoms with Crippen LogP contribution in [0.3, 0.4) is 0 Å². The van der Waals surface area contributed by atoms with Gasteiger partial charge in [-0.15, -0.1) is 0 Å². The van der Waals surface area contributed by atoms with E-state index in [1.165, 1.54) is 25.3 Å². The van der Waals surface area contributed by atoms with Gasteiger partial charge in [0.05, 0.1) is 23.7 Å². The Bertz CT molecular complexity index is 708. The summed E-state index contributed by atoms with van der Waals surface area (Å²) in [5.74, 6) is 0.0980. The van der Waals surface area contributed by atoms with Crippen molar-refractivity contribution in [2.24, 2.45) is 0 Å². The van der Waals surface area contributed by atoms with Gasteiger partial charge in [-0.3, -0.25) is 20.0 Å². The molecule has 0 saturated heterocycles. The van der Waals surface area contributed by atoms with Gasteiger partial charge in [0.2, 0.25) is 0 Å². The number of aromatic nitrogens is 2. The Balaban J connectivity index is 2.31. The van der Waals surface area contributed by atoms with Crippen LogP contribution in [0.25, 0.3) is 0 Å². The number of rotatable bonds is 4. The summed E-state index contributed by atoms with van der Waals surface area (Å²) in [6.45, 7) is 3.66. The third kappa shape index (κ3) is 2.83. The third-order valence-electron chi connectivity index (χ3n) is 3.13. The fourth-order valence-corrected chi connectivity index (χ4v) is 1.76. The molecule has 0 fully saturated rings. The van der Waals surface area contributed by atoms with Gasteiger partial charge < -0.3 is 10.1 Å². The van der Waals surface area contributed by atoms with Crippen LogP contribution < -0.4 is 10.1 Å². The van der Waals surface area contributed by atoms with Crippen LogP contribution in [-0.4, -0.2) is 28.1 Å². The predicted molar refractivity (Wildman–Crippen MR) is 75.7 cm³/mol. The Kier molecular flexibility index (Phi) is 3.88. The minimum Gasteiger partial charge on any atom is -0.496 e. The Hall–Kier alpha value is -2.90. The Morgan fingerprint density at radius 2 is 2.14 bits per heavy atom. The molecule has 0 bridgehead atoms. The van der Waals surface area contributed by atoms with Gasteiger partial charge in [-0.05, 0) is 19.9 Å². The molecule has 0 saturated carbocycles. The van der Waals surface area contributed by atoms with Crippen molar-refractivity contribution in [3.8, 4) is 5.75 Å². The van der Waals surface area contributed by atoms with Gasteiger partial charge in [-0.1, -0.05) is 0 Å². The van der Waals surface area contributed by atoms with Crippen molar-refractivity contribution in [3.63, 3.8) is 0 Å². The highest BCUT2D eigenvalue weighted by molar-refractivity contribution is 6.06. The van der Waals surface area contributed by atoms with Gasteiger partial charge in [-0.25, -0.2) is 0 Å². The summed E-state index contributed by atoms with van der Waals surface area (Å²) in [5, 5.41) is 20.1. The lowest BCUT2D eigenvalue weighted by molar-refractivity contribution is -0.384. The predicted octanol–water partition coefficient (Wildman–Crippen LogP) is 2.20. The van der Waals surface area contributed by atoms with E-state index in [0.717, 1.165) is 11.3 Å². The third-order valence-corrected chi connectivity index (χ3v) is 3.13. The van der Waals surface area contributed by atoms with Crippen LogP contribution >= 0.6 is 0 Å². The van der Waals surface area contributed by atoms with E-state index in [4.69, 9.17) is 4.74 Å². The maximum Gasteiger partial charge on any atom is 0.273 e. The molecule has 0 aliphatic rings. The average Bonchev–Trinajstić information content (AvgIpc) is 2.78. The Labute approximate surface area is 120 Å². The van der Waals surface area contributed by atoms with Gasteiger partial charge in [0.15, 0.2) is 5.82 Å². The lowest BCUT2D eigenvalue weighted by Gasteiger charge is -2.08. The van der Waals surface area contributed by atoms with Crippen LogP contribution in [0.4, 0.5) is 11.5 Å². The van der Waals surface area contributed by atoms with Crippen molar-refractivity contribution in [2.45, 2.75) is 13.8 Å². The summed E-state index contributed by atoms with van der Waals surface area (Å²) < 4.78 is 5.04. The number of nitrogens with one attached hydrogen (secondary N) is 2. The molecular formula is C13H14N4O4. The van der Waals surface area contributed by atoms with Crippen molar-refractivity contribution in [2.75, 3.05) is 12.4 Å². The van der Waals surface area contributed by atoms with Crippen LogP contribution in [-0.2, 0) is 0 Å². The zero-order valence-corrected chi connectivity index (χ0v) is 11.8. The summed E-state index contributed by atoms with van der Waals surface area (Å²) in [6.07, 6.45) is 0.